The highest BCUT2D eigenvalue weighted by Crippen LogP contribution is 2.33. The fraction of sp³-hybridized carbons (Fsp3) is 0.400. The van der Waals surface area contributed by atoms with Crippen LogP contribution in [0.5, 0.6) is 0 Å². The lowest BCUT2D eigenvalue weighted by Gasteiger charge is -2.20. The summed E-state index contributed by atoms with van der Waals surface area (Å²) in [6.07, 6.45) is 9.74. The molecule has 0 saturated carbocycles. The smallest absolute Gasteiger partial charge is 0.217 e. The molecule has 30 heavy (non-hydrogen) atoms. The molecule has 3 aromatic rings. The largest absolute Gasteiger partial charge is 0.341 e. The maximum atomic E-state index is 6.61. The average Bonchev–Trinajstić information content (AvgIpc) is 3.09. The Balaban J connectivity index is 1.82. The molecule has 5 heteroatoms. The Morgan fingerprint density at radius 3 is 2.03 bits per heavy atom. The highest BCUT2D eigenvalue weighted by molar-refractivity contribution is 6.55. The summed E-state index contributed by atoms with van der Waals surface area (Å²) in [4.78, 5) is 4.77. The summed E-state index contributed by atoms with van der Waals surface area (Å²) >= 11 is 13.2. The fourth-order valence-electron chi connectivity index (χ4n) is 4.11. The van der Waals surface area contributed by atoms with Crippen LogP contribution in [0.15, 0.2) is 54.7 Å². The van der Waals surface area contributed by atoms with Crippen LogP contribution in [0.2, 0.25) is 10.0 Å². The zero-order chi connectivity index (χ0) is 21.3. The van der Waals surface area contributed by atoms with E-state index >= 15 is 0 Å². The van der Waals surface area contributed by atoms with Crippen molar-refractivity contribution in [2.24, 2.45) is 0 Å². The van der Waals surface area contributed by atoms with Gasteiger partial charge in [-0.25, -0.2) is 0 Å². The summed E-state index contributed by atoms with van der Waals surface area (Å²) in [7, 11) is 0.775. The molecule has 0 unspecified atom stereocenters. The van der Waals surface area contributed by atoms with Crippen LogP contribution in [0.1, 0.15) is 68.1 Å². The minimum absolute atomic E-state index is 0.0671. The van der Waals surface area contributed by atoms with Crippen molar-refractivity contribution in [3.63, 3.8) is 0 Å². The molecule has 0 fully saturated rings. The van der Waals surface area contributed by atoms with Gasteiger partial charge in [-0.15, -0.1) is 0 Å². The van der Waals surface area contributed by atoms with Crippen LogP contribution in [0.25, 0.3) is 0 Å². The van der Waals surface area contributed by atoms with Gasteiger partial charge in [0.25, 0.3) is 0 Å². The summed E-state index contributed by atoms with van der Waals surface area (Å²) in [6, 6.07) is 16.1. The second kappa shape index (κ2) is 11.6. The number of unbranched alkanes of at least 4 members (excludes halogenated alkanes) is 5. The van der Waals surface area contributed by atoms with Gasteiger partial charge in [0, 0.05) is 28.5 Å². The first kappa shape index (κ1) is 23.0. The molecule has 0 bridgehead atoms. The van der Waals surface area contributed by atoms with Crippen LogP contribution in [0.4, 0.5) is 0 Å². The van der Waals surface area contributed by atoms with Gasteiger partial charge in [-0.1, -0.05) is 98.6 Å². The number of aryl methyl sites for hydroxylation is 1. The Morgan fingerprint density at radius 2 is 1.43 bits per heavy atom. The Labute approximate surface area is 191 Å². The maximum Gasteiger partial charge on any atom is 0.217 e. The molecule has 0 radical (unpaired) electrons. The number of benzene rings is 2. The molecule has 2 aromatic carbocycles. The lowest BCUT2D eigenvalue weighted by atomic mass is 9.58. The molecule has 0 aliphatic rings. The lowest BCUT2D eigenvalue weighted by molar-refractivity contribution is 0.558. The van der Waals surface area contributed by atoms with E-state index in [4.69, 9.17) is 28.2 Å². The van der Waals surface area contributed by atoms with Gasteiger partial charge in [0.05, 0.1) is 5.72 Å². The predicted octanol–water partition coefficient (Wildman–Crippen LogP) is 6.71. The molecule has 1 heterocycles. The topological polar surface area (TPSA) is 17.8 Å². The van der Waals surface area contributed by atoms with E-state index in [0.717, 1.165) is 40.7 Å². The number of rotatable bonds is 11. The van der Waals surface area contributed by atoms with Crippen LogP contribution in [-0.4, -0.2) is 16.8 Å². The van der Waals surface area contributed by atoms with E-state index in [1.807, 2.05) is 42.6 Å². The fourth-order valence-corrected chi connectivity index (χ4v) is 4.65. The first-order chi connectivity index (χ1) is 14.6. The number of halogens is 2. The van der Waals surface area contributed by atoms with Crippen molar-refractivity contribution in [3.05, 3.63) is 81.6 Å². The summed E-state index contributed by atoms with van der Waals surface area (Å²) in [5, 5.41) is 1.54. The molecule has 0 atom stereocenters. The van der Waals surface area contributed by atoms with Crippen LogP contribution in [0.3, 0.4) is 0 Å². The van der Waals surface area contributed by atoms with Gasteiger partial charge in [-0.05, 0) is 42.4 Å². The minimum atomic E-state index is 0.0671. The average molecular weight is 441 g/mol. The first-order valence-electron chi connectivity index (χ1n) is 11.1. The highest BCUT2D eigenvalue weighted by atomic mass is 35.5. The second-order valence-corrected chi connectivity index (χ2v) is 8.85. The third-order valence-electron chi connectivity index (χ3n) is 5.82. The van der Waals surface area contributed by atoms with Gasteiger partial charge < -0.3 is 4.57 Å². The van der Waals surface area contributed by atoms with Gasteiger partial charge >= 0.3 is 0 Å². The van der Waals surface area contributed by atoms with Gasteiger partial charge in [-0.2, -0.15) is 0 Å². The van der Waals surface area contributed by atoms with Crippen molar-refractivity contribution in [3.8, 4) is 0 Å². The molecule has 2 nitrogen and oxygen atoms in total. The zero-order valence-electron chi connectivity index (χ0n) is 18.1. The molecule has 0 spiro atoms. The number of aromatic nitrogens is 2. The quantitative estimate of drug-likeness (QED) is 0.239. The van der Waals surface area contributed by atoms with Crippen LogP contribution < -0.4 is 5.72 Å². The van der Waals surface area contributed by atoms with Crippen LogP contribution in [0, 0.1) is 6.92 Å². The van der Waals surface area contributed by atoms with E-state index in [9.17, 15) is 0 Å². The third-order valence-corrected chi connectivity index (χ3v) is 6.51. The Kier molecular flexibility index (Phi) is 8.90. The molecule has 0 aliphatic heterocycles. The highest BCUT2D eigenvalue weighted by Gasteiger charge is 2.24. The zero-order valence-corrected chi connectivity index (χ0v) is 19.6. The molecule has 0 aliphatic carbocycles. The standard InChI is InChI=1S/C25H31BCl2N2/c1-3-4-5-6-7-12-17-30-19(2)18-29-25(30)26-24(20-13-8-10-15-22(20)27)21-14-9-11-16-23(21)28/h8-11,13-16,18,24,26H,3-7,12,17H2,1-2H3. The molecule has 0 N–H and O–H groups in total. The third kappa shape index (κ3) is 5.92. The molecule has 1 aromatic heterocycles. The molecule has 0 amide bonds. The van der Waals surface area contributed by atoms with E-state index in [-0.39, 0.29) is 5.82 Å². The Hall–Kier alpha value is -1.71. The van der Waals surface area contributed by atoms with Crippen molar-refractivity contribution >= 4 is 36.2 Å². The van der Waals surface area contributed by atoms with Crippen molar-refractivity contribution in [1.82, 2.24) is 9.55 Å². The molecular weight excluding hydrogens is 410 g/mol. The molecule has 0 saturated heterocycles. The van der Waals surface area contributed by atoms with E-state index in [1.165, 1.54) is 44.2 Å². The Morgan fingerprint density at radius 1 is 0.867 bits per heavy atom. The summed E-state index contributed by atoms with van der Waals surface area (Å²) in [6.45, 7) is 5.42. The molecular formula is C25H31BCl2N2. The van der Waals surface area contributed by atoms with Crippen LogP contribution >= 0.6 is 23.2 Å². The minimum Gasteiger partial charge on any atom is -0.341 e. The SMILES string of the molecule is CCCCCCCCn1c(C)cnc1BC(c1ccccc1Cl)c1ccccc1Cl. The Bertz CT molecular complexity index is 893. The number of hydrogen-bond acceptors (Lipinski definition) is 1. The summed E-state index contributed by atoms with van der Waals surface area (Å²) in [5.41, 5.74) is 4.51. The summed E-state index contributed by atoms with van der Waals surface area (Å²) in [5.74, 6) is 0.0671. The van der Waals surface area contributed by atoms with Gasteiger partial charge in [0.2, 0.25) is 7.28 Å². The monoisotopic (exact) mass is 440 g/mol. The van der Waals surface area contributed by atoms with Gasteiger partial charge in [0.15, 0.2) is 0 Å². The van der Waals surface area contributed by atoms with E-state index in [1.54, 1.807) is 0 Å². The maximum absolute atomic E-state index is 6.61. The normalized spacial score (nSPS) is 11.2. The number of imidazole rings is 1. The van der Waals surface area contributed by atoms with Gasteiger partial charge in [0.1, 0.15) is 0 Å². The van der Waals surface area contributed by atoms with E-state index < -0.39 is 0 Å². The number of nitrogens with zero attached hydrogens (tertiary/aromatic N) is 2. The van der Waals surface area contributed by atoms with Gasteiger partial charge in [-0.3, -0.25) is 4.98 Å². The van der Waals surface area contributed by atoms with Crippen molar-refractivity contribution in [1.29, 1.82) is 0 Å². The second-order valence-electron chi connectivity index (χ2n) is 8.03. The number of hydrogen-bond donors (Lipinski definition) is 0. The van der Waals surface area contributed by atoms with Crippen molar-refractivity contribution in [2.45, 2.75) is 64.7 Å². The van der Waals surface area contributed by atoms with Crippen LogP contribution in [-0.2, 0) is 6.54 Å². The molecule has 158 valence electrons. The first-order valence-corrected chi connectivity index (χ1v) is 11.9. The van der Waals surface area contributed by atoms with Crippen molar-refractivity contribution < 1.29 is 0 Å². The van der Waals surface area contributed by atoms with Crippen molar-refractivity contribution in [2.75, 3.05) is 0 Å². The van der Waals surface area contributed by atoms with E-state index in [2.05, 4.69) is 30.5 Å². The summed E-state index contributed by atoms with van der Waals surface area (Å²) < 4.78 is 2.38. The molecule has 3 rings (SSSR count). The predicted molar refractivity (Wildman–Crippen MR) is 132 cm³/mol. The lowest BCUT2D eigenvalue weighted by Crippen LogP contribution is -2.32. The van der Waals surface area contributed by atoms with E-state index in [0.29, 0.717) is 0 Å².